The normalized spacial score (nSPS) is 14.8. The molecule has 0 unspecified atom stereocenters. The number of nitrogens with one attached hydrogen (secondary N) is 1. The van der Waals surface area contributed by atoms with E-state index in [1.165, 1.54) is 6.42 Å². The molecule has 2 aromatic rings. The summed E-state index contributed by atoms with van der Waals surface area (Å²) in [7, 11) is 0. The third-order valence-electron chi connectivity index (χ3n) is 3.66. The molecule has 0 spiro atoms. The van der Waals surface area contributed by atoms with Gasteiger partial charge in [0.1, 0.15) is 5.75 Å². The molecule has 0 atom stereocenters. The second-order valence-corrected chi connectivity index (χ2v) is 5.88. The van der Waals surface area contributed by atoms with Crippen LogP contribution in [0.25, 0.3) is 10.8 Å². The SMILES string of the molecule is O=C(COc1ccc2ccccc2c1Br)NC1CCC1. The molecule has 0 saturated heterocycles. The monoisotopic (exact) mass is 333 g/mol. The molecule has 1 aliphatic rings. The molecule has 20 heavy (non-hydrogen) atoms. The van der Waals surface area contributed by atoms with Crippen molar-refractivity contribution >= 4 is 32.6 Å². The molecule has 0 bridgehead atoms. The van der Waals surface area contributed by atoms with Gasteiger partial charge in [0.25, 0.3) is 5.91 Å². The maximum Gasteiger partial charge on any atom is 0.258 e. The number of ether oxygens (including phenoxy) is 1. The molecule has 1 aliphatic carbocycles. The molecule has 1 N–H and O–H groups in total. The van der Waals surface area contributed by atoms with Crippen molar-refractivity contribution in [2.24, 2.45) is 0 Å². The average Bonchev–Trinajstić information content (AvgIpc) is 2.42. The number of halogens is 1. The van der Waals surface area contributed by atoms with E-state index in [4.69, 9.17) is 4.74 Å². The number of rotatable bonds is 4. The van der Waals surface area contributed by atoms with Crippen LogP contribution < -0.4 is 10.1 Å². The summed E-state index contributed by atoms with van der Waals surface area (Å²) in [4.78, 5) is 11.7. The molecule has 104 valence electrons. The number of carbonyl (C=O) groups excluding carboxylic acids is 1. The zero-order valence-corrected chi connectivity index (χ0v) is 12.7. The fraction of sp³-hybridized carbons (Fsp3) is 0.312. The van der Waals surface area contributed by atoms with E-state index in [0.29, 0.717) is 11.8 Å². The molecular weight excluding hydrogens is 318 g/mol. The van der Waals surface area contributed by atoms with Crippen LogP contribution >= 0.6 is 15.9 Å². The van der Waals surface area contributed by atoms with Crippen LogP contribution in [0.4, 0.5) is 0 Å². The summed E-state index contributed by atoms with van der Waals surface area (Å²) < 4.78 is 6.51. The first-order valence-corrected chi connectivity index (χ1v) is 7.63. The molecule has 3 rings (SSSR count). The second-order valence-electron chi connectivity index (χ2n) is 5.08. The topological polar surface area (TPSA) is 38.3 Å². The quantitative estimate of drug-likeness (QED) is 0.927. The lowest BCUT2D eigenvalue weighted by Crippen LogP contribution is -2.41. The van der Waals surface area contributed by atoms with Crippen LogP contribution in [-0.2, 0) is 4.79 Å². The lowest BCUT2D eigenvalue weighted by Gasteiger charge is -2.26. The van der Waals surface area contributed by atoms with Crippen molar-refractivity contribution in [1.29, 1.82) is 0 Å². The Labute approximate surface area is 126 Å². The Morgan fingerprint density at radius 2 is 2.05 bits per heavy atom. The maximum absolute atomic E-state index is 11.7. The van der Waals surface area contributed by atoms with Crippen molar-refractivity contribution in [2.75, 3.05) is 6.61 Å². The first kappa shape index (κ1) is 13.4. The number of hydrogen-bond donors (Lipinski definition) is 1. The molecule has 4 heteroatoms. The van der Waals surface area contributed by atoms with Gasteiger partial charge in [0.05, 0.1) is 4.47 Å². The van der Waals surface area contributed by atoms with E-state index in [-0.39, 0.29) is 12.5 Å². The number of amides is 1. The zero-order valence-electron chi connectivity index (χ0n) is 11.1. The summed E-state index contributed by atoms with van der Waals surface area (Å²) in [5.74, 6) is 0.655. The highest BCUT2D eigenvalue weighted by Crippen LogP contribution is 2.32. The van der Waals surface area contributed by atoms with Gasteiger partial charge in [0.15, 0.2) is 6.61 Å². The molecule has 1 amide bonds. The fourth-order valence-electron chi connectivity index (χ4n) is 2.29. The number of fused-ring (bicyclic) bond motifs is 1. The average molecular weight is 334 g/mol. The summed E-state index contributed by atoms with van der Waals surface area (Å²) in [5, 5.41) is 5.20. The van der Waals surface area contributed by atoms with Gasteiger partial charge >= 0.3 is 0 Å². The summed E-state index contributed by atoms with van der Waals surface area (Å²) in [5.41, 5.74) is 0. The highest BCUT2D eigenvalue weighted by atomic mass is 79.9. The van der Waals surface area contributed by atoms with Crippen LogP contribution in [0.1, 0.15) is 19.3 Å². The maximum atomic E-state index is 11.7. The van der Waals surface area contributed by atoms with Gasteiger partial charge in [-0.2, -0.15) is 0 Å². The van der Waals surface area contributed by atoms with E-state index in [1.807, 2.05) is 36.4 Å². The largest absolute Gasteiger partial charge is 0.483 e. The summed E-state index contributed by atoms with van der Waals surface area (Å²) in [6.45, 7) is 0.0629. The summed E-state index contributed by atoms with van der Waals surface area (Å²) in [6.07, 6.45) is 3.39. The van der Waals surface area contributed by atoms with E-state index in [9.17, 15) is 4.79 Å². The summed E-state index contributed by atoms with van der Waals surface area (Å²) in [6, 6.07) is 12.3. The molecule has 0 radical (unpaired) electrons. The van der Waals surface area contributed by atoms with Crippen molar-refractivity contribution < 1.29 is 9.53 Å². The van der Waals surface area contributed by atoms with Gasteiger partial charge in [-0.1, -0.05) is 30.3 Å². The Bertz CT molecular complexity index is 637. The first-order chi connectivity index (χ1) is 9.74. The van der Waals surface area contributed by atoms with Gasteiger partial charge in [-0.25, -0.2) is 0 Å². The third kappa shape index (κ3) is 2.80. The fourth-order valence-corrected chi connectivity index (χ4v) is 2.90. The molecule has 0 heterocycles. The predicted molar refractivity (Wildman–Crippen MR) is 82.9 cm³/mol. The molecule has 0 aliphatic heterocycles. The van der Waals surface area contributed by atoms with Crippen molar-refractivity contribution in [3.63, 3.8) is 0 Å². The highest BCUT2D eigenvalue weighted by Gasteiger charge is 2.19. The molecular formula is C16H16BrNO2. The van der Waals surface area contributed by atoms with Crippen LogP contribution in [0, 0.1) is 0 Å². The Morgan fingerprint density at radius 3 is 2.80 bits per heavy atom. The number of benzene rings is 2. The number of hydrogen-bond acceptors (Lipinski definition) is 2. The summed E-state index contributed by atoms with van der Waals surface area (Å²) >= 11 is 3.55. The van der Waals surface area contributed by atoms with Crippen molar-refractivity contribution in [2.45, 2.75) is 25.3 Å². The van der Waals surface area contributed by atoms with E-state index in [0.717, 1.165) is 28.1 Å². The van der Waals surface area contributed by atoms with Gasteiger partial charge in [0, 0.05) is 6.04 Å². The van der Waals surface area contributed by atoms with Crippen LogP contribution in [0.3, 0.4) is 0 Å². The van der Waals surface area contributed by atoms with Crippen molar-refractivity contribution in [1.82, 2.24) is 5.32 Å². The number of carbonyl (C=O) groups is 1. The van der Waals surface area contributed by atoms with Crippen molar-refractivity contribution in [3.05, 3.63) is 40.9 Å². The molecule has 3 nitrogen and oxygen atoms in total. The van der Waals surface area contributed by atoms with Gasteiger partial charge < -0.3 is 10.1 Å². The Morgan fingerprint density at radius 1 is 1.25 bits per heavy atom. The van der Waals surface area contributed by atoms with Gasteiger partial charge in [-0.05, 0) is 52.0 Å². The third-order valence-corrected chi connectivity index (χ3v) is 4.47. The molecule has 1 fully saturated rings. The van der Waals surface area contributed by atoms with Gasteiger partial charge in [-0.15, -0.1) is 0 Å². The predicted octanol–water partition coefficient (Wildman–Crippen LogP) is 3.65. The molecule has 0 aromatic heterocycles. The van der Waals surface area contributed by atoms with Crippen molar-refractivity contribution in [3.8, 4) is 5.75 Å². The second kappa shape index (κ2) is 5.83. The lowest BCUT2D eigenvalue weighted by atomic mass is 9.93. The Balaban J connectivity index is 1.67. The molecule has 2 aromatic carbocycles. The minimum absolute atomic E-state index is 0.0465. The van der Waals surface area contributed by atoms with E-state index >= 15 is 0 Å². The first-order valence-electron chi connectivity index (χ1n) is 6.83. The standard InChI is InChI=1S/C16H16BrNO2/c17-16-13-7-2-1-4-11(13)8-9-14(16)20-10-15(19)18-12-5-3-6-12/h1-2,4,7-9,12H,3,5-6,10H2,(H,18,19). The minimum atomic E-state index is -0.0465. The smallest absolute Gasteiger partial charge is 0.258 e. The molecule has 1 saturated carbocycles. The van der Waals surface area contributed by atoms with Crippen LogP contribution in [-0.4, -0.2) is 18.6 Å². The Hall–Kier alpha value is -1.55. The van der Waals surface area contributed by atoms with E-state index in [1.54, 1.807) is 0 Å². The van der Waals surface area contributed by atoms with Gasteiger partial charge in [-0.3, -0.25) is 4.79 Å². The Kier molecular flexibility index (Phi) is 3.92. The van der Waals surface area contributed by atoms with Crippen LogP contribution in [0.5, 0.6) is 5.75 Å². The highest BCUT2D eigenvalue weighted by molar-refractivity contribution is 9.10. The van der Waals surface area contributed by atoms with Gasteiger partial charge in [0.2, 0.25) is 0 Å². The minimum Gasteiger partial charge on any atom is -0.483 e. The van der Waals surface area contributed by atoms with Crippen LogP contribution in [0.15, 0.2) is 40.9 Å². The van der Waals surface area contributed by atoms with E-state index < -0.39 is 0 Å². The lowest BCUT2D eigenvalue weighted by molar-refractivity contribution is -0.124. The zero-order chi connectivity index (χ0) is 13.9. The van der Waals surface area contributed by atoms with Crippen LogP contribution in [0.2, 0.25) is 0 Å². The van der Waals surface area contributed by atoms with E-state index in [2.05, 4.69) is 21.2 Å².